The van der Waals surface area contributed by atoms with Crippen LogP contribution in [-0.2, 0) is 6.42 Å². The second-order valence-corrected chi connectivity index (χ2v) is 4.93. The molecule has 0 saturated carbocycles. The number of nitrogens with two attached hydrogens (primary N) is 1. The zero-order chi connectivity index (χ0) is 13.8. The second kappa shape index (κ2) is 6.04. The number of nitrogens with zero attached hydrogens (tertiary/aromatic N) is 1. The first-order chi connectivity index (χ1) is 9.11. The smallest absolute Gasteiger partial charge is 0.141 e. The second-order valence-electron chi connectivity index (χ2n) is 4.52. The first kappa shape index (κ1) is 13.8. The highest BCUT2D eigenvalue weighted by Gasteiger charge is 2.14. The Bertz CT molecular complexity index is 572. The predicted octanol–water partition coefficient (Wildman–Crippen LogP) is 3.29. The van der Waals surface area contributed by atoms with Crippen molar-refractivity contribution in [2.45, 2.75) is 19.4 Å². The third-order valence-electron chi connectivity index (χ3n) is 3.08. The zero-order valence-corrected chi connectivity index (χ0v) is 11.8. The van der Waals surface area contributed by atoms with Gasteiger partial charge >= 0.3 is 0 Å². The van der Waals surface area contributed by atoms with Gasteiger partial charge in [0.1, 0.15) is 5.75 Å². The lowest BCUT2D eigenvalue weighted by Crippen LogP contribution is -2.15. The third kappa shape index (κ3) is 3.25. The number of hydrogen-bond acceptors (Lipinski definition) is 3. The molecule has 2 rings (SSSR count). The quantitative estimate of drug-likeness (QED) is 0.932. The van der Waals surface area contributed by atoms with E-state index in [1.165, 1.54) is 0 Å². The molecule has 3 nitrogen and oxygen atoms in total. The van der Waals surface area contributed by atoms with Gasteiger partial charge in [0.25, 0.3) is 0 Å². The number of ether oxygens (including phenoxy) is 1. The molecule has 0 saturated heterocycles. The molecule has 2 aromatic rings. The molecular formula is C15H17ClN2O. The van der Waals surface area contributed by atoms with Gasteiger partial charge in [-0.1, -0.05) is 23.7 Å². The Kier molecular flexibility index (Phi) is 4.40. The fourth-order valence-electron chi connectivity index (χ4n) is 2.03. The summed E-state index contributed by atoms with van der Waals surface area (Å²) < 4.78 is 5.28. The van der Waals surface area contributed by atoms with E-state index in [4.69, 9.17) is 22.1 Å². The molecule has 0 bridgehead atoms. The van der Waals surface area contributed by atoms with Gasteiger partial charge in [-0.3, -0.25) is 4.98 Å². The van der Waals surface area contributed by atoms with Gasteiger partial charge in [0.2, 0.25) is 0 Å². The number of benzene rings is 1. The number of aryl methyl sites for hydroxylation is 1. The van der Waals surface area contributed by atoms with E-state index in [1.807, 2.05) is 31.2 Å². The van der Waals surface area contributed by atoms with Crippen LogP contribution in [0, 0.1) is 6.92 Å². The molecule has 0 fully saturated rings. The highest BCUT2D eigenvalue weighted by atomic mass is 35.5. The molecule has 0 aliphatic heterocycles. The van der Waals surface area contributed by atoms with E-state index in [2.05, 4.69) is 4.98 Å². The lowest BCUT2D eigenvalue weighted by molar-refractivity contribution is 0.403. The Morgan fingerprint density at radius 2 is 2.16 bits per heavy atom. The summed E-state index contributed by atoms with van der Waals surface area (Å²) in [5.74, 6) is 0.707. The summed E-state index contributed by atoms with van der Waals surface area (Å²) in [5.41, 5.74) is 9.37. The molecule has 19 heavy (non-hydrogen) atoms. The minimum absolute atomic E-state index is 0.168. The van der Waals surface area contributed by atoms with E-state index in [9.17, 15) is 0 Å². The third-order valence-corrected chi connectivity index (χ3v) is 3.44. The van der Waals surface area contributed by atoms with Gasteiger partial charge in [-0.2, -0.15) is 0 Å². The summed E-state index contributed by atoms with van der Waals surface area (Å²) in [6.07, 6.45) is 4.06. The summed E-state index contributed by atoms with van der Waals surface area (Å²) in [7, 11) is 1.62. The Morgan fingerprint density at radius 3 is 2.84 bits per heavy atom. The Labute approximate surface area is 118 Å². The fourth-order valence-corrected chi connectivity index (χ4v) is 2.34. The fraction of sp³-hybridized carbons (Fsp3) is 0.267. The predicted molar refractivity (Wildman–Crippen MR) is 77.6 cm³/mol. The van der Waals surface area contributed by atoms with Crippen LogP contribution in [0.1, 0.15) is 22.7 Å². The monoisotopic (exact) mass is 276 g/mol. The summed E-state index contributed by atoms with van der Waals surface area (Å²) in [5, 5.41) is 0.753. The minimum atomic E-state index is -0.168. The van der Waals surface area contributed by atoms with E-state index in [0.717, 1.165) is 21.7 Å². The largest absolute Gasteiger partial charge is 0.495 e. The van der Waals surface area contributed by atoms with E-state index in [-0.39, 0.29) is 6.04 Å². The maximum Gasteiger partial charge on any atom is 0.141 e. The van der Waals surface area contributed by atoms with E-state index < -0.39 is 0 Å². The lowest BCUT2D eigenvalue weighted by Gasteiger charge is -2.16. The van der Waals surface area contributed by atoms with Gasteiger partial charge < -0.3 is 10.5 Å². The summed E-state index contributed by atoms with van der Waals surface area (Å²) in [4.78, 5) is 4.03. The van der Waals surface area contributed by atoms with Crippen LogP contribution in [0.15, 0.2) is 36.7 Å². The van der Waals surface area contributed by atoms with Gasteiger partial charge in [-0.25, -0.2) is 0 Å². The normalized spacial score (nSPS) is 12.2. The Morgan fingerprint density at radius 1 is 1.37 bits per heavy atom. The molecule has 4 heteroatoms. The number of pyridine rings is 1. The number of halogens is 1. The van der Waals surface area contributed by atoms with Crippen LogP contribution in [0.5, 0.6) is 5.75 Å². The van der Waals surface area contributed by atoms with Crippen LogP contribution in [0.4, 0.5) is 0 Å². The molecule has 1 unspecified atom stereocenters. The van der Waals surface area contributed by atoms with Crippen molar-refractivity contribution in [3.8, 4) is 5.75 Å². The number of rotatable bonds is 4. The van der Waals surface area contributed by atoms with E-state index >= 15 is 0 Å². The standard InChI is InChI=1S/C15H17ClN2O/c1-10-3-4-11(13(16)7-10)8-14(17)12-5-6-18-9-15(12)19-2/h3-7,9,14H,8,17H2,1-2H3. The Hall–Kier alpha value is -1.58. The molecule has 0 amide bonds. The number of hydrogen-bond donors (Lipinski definition) is 1. The van der Waals surface area contributed by atoms with Gasteiger partial charge in [0.05, 0.1) is 13.3 Å². The molecule has 0 radical (unpaired) electrons. The number of aromatic nitrogens is 1. The average molecular weight is 277 g/mol. The average Bonchev–Trinajstić information content (AvgIpc) is 2.41. The van der Waals surface area contributed by atoms with Crippen molar-refractivity contribution < 1.29 is 4.74 Å². The molecule has 0 aliphatic carbocycles. The van der Waals surface area contributed by atoms with Gasteiger partial charge in [-0.15, -0.1) is 0 Å². The molecule has 100 valence electrons. The maximum atomic E-state index is 6.24. The van der Waals surface area contributed by atoms with Gasteiger partial charge in [-0.05, 0) is 36.6 Å². The number of methoxy groups -OCH3 is 1. The Balaban J connectivity index is 2.23. The van der Waals surface area contributed by atoms with Crippen LogP contribution in [-0.4, -0.2) is 12.1 Å². The molecule has 2 N–H and O–H groups in total. The van der Waals surface area contributed by atoms with Crippen molar-refractivity contribution in [1.29, 1.82) is 0 Å². The van der Waals surface area contributed by atoms with Crippen LogP contribution >= 0.6 is 11.6 Å². The minimum Gasteiger partial charge on any atom is -0.495 e. The van der Waals surface area contributed by atoms with Crippen molar-refractivity contribution in [2.75, 3.05) is 7.11 Å². The van der Waals surface area contributed by atoms with E-state index in [0.29, 0.717) is 12.2 Å². The zero-order valence-electron chi connectivity index (χ0n) is 11.1. The molecule has 1 aromatic carbocycles. The van der Waals surface area contributed by atoms with Crippen LogP contribution in [0.3, 0.4) is 0 Å². The summed E-state index contributed by atoms with van der Waals surface area (Å²) in [6, 6.07) is 7.72. The first-order valence-electron chi connectivity index (χ1n) is 6.10. The van der Waals surface area contributed by atoms with Gasteiger partial charge in [0.15, 0.2) is 0 Å². The first-order valence-corrected chi connectivity index (χ1v) is 6.48. The topological polar surface area (TPSA) is 48.1 Å². The van der Waals surface area contributed by atoms with Crippen molar-refractivity contribution in [3.63, 3.8) is 0 Å². The van der Waals surface area contributed by atoms with Crippen LogP contribution < -0.4 is 10.5 Å². The highest BCUT2D eigenvalue weighted by Crippen LogP contribution is 2.27. The van der Waals surface area contributed by atoms with Gasteiger partial charge in [0, 0.05) is 22.8 Å². The summed E-state index contributed by atoms with van der Waals surface area (Å²) in [6.45, 7) is 2.02. The van der Waals surface area contributed by atoms with Crippen LogP contribution in [0.25, 0.3) is 0 Å². The SMILES string of the molecule is COc1cnccc1C(N)Cc1ccc(C)cc1Cl. The summed E-state index contributed by atoms with van der Waals surface area (Å²) >= 11 is 6.24. The van der Waals surface area contributed by atoms with E-state index in [1.54, 1.807) is 19.5 Å². The molecule has 0 aliphatic rings. The van der Waals surface area contributed by atoms with Crippen molar-refractivity contribution in [3.05, 3.63) is 58.4 Å². The maximum absolute atomic E-state index is 6.24. The molecule has 0 spiro atoms. The molecule has 1 heterocycles. The van der Waals surface area contributed by atoms with Crippen molar-refractivity contribution >= 4 is 11.6 Å². The van der Waals surface area contributed by atoms with Crippen molar-refractivity contribution in [1.82, 2.24) is 4.98 Å². The lowest BCUT2D eigenvalue weighted by atomic mass is 9.99. The molecule has 1 aromatic heterocycles. The highest BCUT2D eigenvalue weighted by molar-refractivity contribution is 6.31. The van der Waals surface area contributed by atoms with Crippen molar-refractivity contribution in [2.24, 2.45) is 5.73 Å². The molecular weight excluding hydrogens is 260 g/mol. The molecule has 1 atom stereocenters. The van der Waals surface area contributed by atoms with Crippen LogP contribution in [0.2, 0.25) is 5.02 Å².